The maximum Gasteiger partial charge on any atom is 0.0402 e. The van der Waals surface area contributed by atoms with Crippen molar-refractivity contribution >= 4 is 29.7 Å². The number of hydrogen-bond donors (Lipinski definition) is 1. The Morgan fingerprint density at radius 1 is 0.667 bits per heavy atom. The van der Waals surface area contributed by atoms with Crippen molar-refractivity contribution in [3.63, 3.8) is 0 Å². The van der Waals surface area contributed by atoms with Crippen molar-refractivity contribution in [3.05, 3.63) is 20.8 Å². The van der Waals surface area contributed by atoms with Gasteiger partial charge in [0.2, 0.25) is 0 Å². The standard InChI is InChI=1S/C2H6O.3C2H5.3H3P.3Pt/c1-2-3;3*1-2;;;;;;/h3H,2H2,1H3;3*1H2,2H3;3*1H3;;;/q;3*-1;;;;;;. The van der Waals surface area contributed by atoms with Gasteiger partial charge in [0, 0.05) is 69.8 Å². The maximum absolute atomic E-state index is 7.57. The Hall–Kier alpha value is 3.31. The van der Waals surface area contributed by atoms with Gasteiger partial charge in [-0.15, -0.1) is 0 Å². The fourth-order valence-corrected chi connectivity index (χ4v) is 0. The molecule has 0 bridgehead atoms. The molecule has 0 heterocycles. The van der Waals surface area contributed by atoms with Crippen molar-refractivity contribution in [1.29, 1.82) is 0 Å². The van der Waals surface area contributed by atoms with Crippen molar-refractivity contribution < 1.29 is 68.3 Å². The normalized spacial score (nSPS) is 2.40. The van der Waals surface area contributed by atoms with Gasteiger partial charge in [-0.25, -0.2) is 0 Å². The van der Waals surface area contributed by atoms with Gasteiger partial charge in [-0.1, -0.05) is 0 Å². The number of aliphatic hydroxyl groups is 1. The molecule has 0 saturated carbocycles. The van der Waals surface area contributed by atoms with Crippen LogP contribution < -0.4 is 0 Å². The Labute approximate surface area is 152 Å². The van der Waals surface area contributed by atoms with E-state index in [9.17, 15) is 0 Å². The number of hydrogen-bond acceptors (Lipinski definition) is 1. The van der Waals surface area contributed by atoms with Crippen LogP contribution in [0.3, 0.4) is 0 Å². The molecule has 0 aliphatic heterocycles. The summed E-state index contributed by atoms with van der Waals surface area (Å²) in [5, 5.41) is 7.57. The van der Waals surface area contributed by atoms with Gasteiger partial charge in [-0.2, -0.15) is 50.5 Å². The van der Waals surface area contributed by atoms with Crippen molar-refractivity contribution in [2.24, 2.45) is 0 Å². The van der Waals surface area contributed by atoms with E-state index in [2.05, 4.69) is 20.8 Å². The van der Waals surface area contributed by atoms with Gasteiger partial charge in [-0.05, 0) is 6.92 Å². The van der Waals surface area contributed by atoms with Gasteiger partial charge in [0.15, 0.2) is 0 Å². The van der Waals surface area contributed by atoms with Crippen LogP contribution in [0.4, 0.5) is 0 Å². The number of aliphatic hydroxyl groups excluding tert-OH is 1. The van der Waals surface area contributed by atoms with E-state index in [1.807, 2.05) is 0 Å². The third-order valence-electron chi connectivity index (χ3n) is 0. The summed E-state index contributed by atoms with van der Waals surface area (Å²) in [6, 6.07) is 0. The monoisotopic (exact) mass is 820 g/mol. The van der Waals surface area contributed by atoms with Gasteiger partial charge in [0.05, 0.1) is 0 Å². The third kappa shape index (κ3) is 370. The molecule has 0 radical (unpaired) electrons. The zero-order valence-electron chi connectivity index (χ0n) is 10.3. The third-order valence-corrected chi connectivity index (χ3v) is 0. The summed E-state index contributed by atoms with van der Waals surface area (Å²) in [4.78, 5) is 0. The molecule has 0 amide bonds. The molecule has 3 unspecified atom stereocenters. The molecule has 1 N–H and O–H groups in total. The first-order chi connectivity index (χ1) is 4.41. The van der Waals surface area contributed by atoms with Gasteiger partial charge in [-0.3, -0.25) is 0 Å². The van der Waals surface area contributed by atoms with Gasteiger partial charge < -0.3 is 25.9 Å². The number of rotatable bonds is 0. The van der Waals surface area contributed by atoms with Crippen LogP contribution in [0.25, 0.3) is 0 Å². The molecule has 15 heavy (non-hydrogen) atoms. The second kappa shape index (κ2) is 248. The van der Waals surface area contributed by atoms with Gasteiger partial charge in [0.25, 0.3) is 0 Å². The van der Waals surface area contributed by atoms with Crippen LogP contribution in [0, 0.1) is 20.8 Å². The van der Waals surface area contributed by atoms with Crippen molar-refractivity contribution in [3.8, 4) is 0 Å². The molecular formula is C8H30OP3Pt3-3. The van der Waals surface area contributed by atoms with E-state index in [0.717, 1.165) is 0 Å². The molecule has 1 nitrogen and oxygen atoms in total. The first-order valence-corrected chi connectivity index (χ1v) is 3.14. The Bertz CT molecular complexity index is 25.1. The molecule has 0 aliphatic rings. The molecule has 0 spiro atoms. The average Bonchev–Trinajstić information content (AvgIpc) is 2.01. The van der Waals surface area contributed by atoms with Gasteiger partial charge >= 0.3 is 0 Å². The zero-order chi connectivity index (χ0) is 8.71. The van der Waals surface area contributed by atoms with Crippen molar-refractivity contribution in [1.82, 2.24) is 0 Å². The molecule has 0 rings (SSSR count). The van der Waals surface area contributed by atoms with E-state index in [4.69, 9.17) is 5.11 Å². The summed E-state index contributed by atoms with van der Waals surface area (Å²) in [7, 11) is 0. The largest absolute Gasteiger partial charge is 0.397 e. The Balaban J connectivity index is -0.00000000248. The minimum absolute atomic E-state index is 0. The van der Waals surface area contributed by atoms with E-state index in [1.165, 1.54) is 0 Å². The second-order valence-corrected chi connectivity index (χ2v) is 0.316. The summed E-state index contributed by atoms with van der Waals surface area (Å²) in [6.07, 6.45) is 0. The fraction of sp³-hybridized carbons (Fsp3) is 0.625. The Morgan fingerprint density at radius 3 is 0.667 bits per heavy atom. The SMILES string of the molecule is CCO.P.P.P.[CH2-]C.[CH2-]C.[CH2-]C.[Pt].[Pt].[Pt]. The van der Waals surface area contributed by atoms with E-state index in [-0.39, 0.29) is 99.5 Å². The molecule has 0 aliphatic carbocycles. The predicted molar refractivity (Wildman–Crippen MR) is 79.2 cm³/mol. The quantitative estimate of drug-likeness (QED) is 0.295. The molecule has 0 aromatic carbocycles. The Kier molecular flexibility index (Phi) is 1310. The van der Waals surface area contributed by atoms with Gasteiger partial charge in [0.1, 0.15) is 0 Å². The van der Waals surface area contributed by atoms with E-state index >= 15 is 0 Å². The maximum atomic E-state index is 7.57. The van der Waals surface area contributed by atoms with Crippen LogP contribution in [0.5, 0.6) is 0 Å². The Morgan fingerprint density at radius 2 is 0.667 bits per heavy atom. The minimum atomic E-state index is 0. The molecule has 0 aromatic rings. The summed E-state index contributed by atoms with van der Waals surface area (Å²) in [5.41, 5.74) is 0. The molecular weight excluding hydrogens is 790 g/mol. The van der Waals surface area contributed by atoms with Crippen LogP contribution >= 0.6 is 29.7 Å². The smallest absolute Gasteiger partial charge is 0.0402 e. The van der Waals surface area contributed by atoms with Crippen LogP contribution in [-0.2, 0) is 63.2 Å². The molecule has 0 fully saturated rings. The molecule has 116 valence electrons. The van der Waals surface area contributed by atoms with Crippen LogP contribution in [0.1, 0.15) is 27.7 Å². The minimum Gasteiger partial charge on any atom is -0.397 e. The summed E-state index contributed by atoms with van der Waals surface area (Å²) < 4.78 is 0. The fourth-order valence-electron chi connectivity index (χ4n) is 0. The van der Waals surface area contributed by atoms with Crippen LogP contribution in [0.2, 0.25) is 0 Å². The molecule has 0 saturated heterocycles. The zero-order valence-corrected chi connectivity index (χ0v) is 21.4. The van der Waals surface area contributed by atoms with Crippen LogP contribution in [0.15, 0.2) is 0 Å². The van der Waals surface area contributed by atoms with E-state index in [0.29, 0.717) is 0 Å². The first-order valence-electron chi connectivity index (χ1n) is 3.14. The summed E-state index contributed by atoms with van der Waals surface area (Å²) in [5.74, 6) is 0. The molecule has 0 aromatic heterocycles. The second-order valence-electron chi connectivity index (χ2n) is 0.316. The van der Waals surface area contributed by atoms with E-state index in [1.54, 1.807) is 27.7 Å². The molecule has 7 heteroatoms. The molecule has 3 atom stereocenters. The first kappa shape index (κ1) is 79.4. The van der Waals surface area contributed by atoms with Crippen LogP contribution in [-0.4, -0.2) is 11.7 Å². The summed E-state index contributed by atoms with van der Waals surface area (Å²) >= 11 is 0. The average molecular weight is 820 g/mol. The summed E-state index contributed by atoms with van der Waals surface area (Å²) in [6.45, 7) is 16.9. The predicted octanol–water partition coefficient (Wildman–Crippen LogP) is 2.69. The van der Waals surface area contributed by atoms with Crippen molar-refractivity contribution in [2.75, 3.05) is 6.61 Å². The topological polar surface area (TPSA) is 20.2 Å². The van der Waals surface area contributed by atoms with E-state index < -0.39 is 0 Å². The van der Waals surface area contributed by atoms with Crippen molar-refractivity contribution in [2.45, 2.75) is 27.7 Å².